The van der Waals surface area contributed by atoms with E-state index in [1.807, 2.05) is 0 Å². The number of hydrogen-bond donors (Lipinski definition) is 2. The summed E-state index contributed by atoms with van der Waals surface area (Å²) < 4.78 is 38.3. The standard InChI is InChI=1S/C16H23FN2O5S/c1-19(25(23,24)14-9-7-13(17)8-10-14)12-15(20)18-11-5-3-2-4-6-16(21)22/h7-10H,2-6,11-12H2,1H3,(H,18,20)(H,21,22). The van der Waals surface area contributed by atoms with Gasteiger partial charge in [-0.05, 0) is 37.1 Å². The third-order valence-corrected chi connectivity index (χ3v) is 5.35. The van der Waals surface area contributed by atoms with E-state index in [-0.39, 0.29) is 17.9 Å². The van der Waals surface area contributed by atoms with Crippen molar-refractivity contribution in [2.24, 2.45) is 0 Å². The van der Waals surface area contributed by atoms with Crippen molar-refractivity contribution in [3.8, 4) is 0 Å². The van der Waals surface area contributed by atoms with Crippen LogP contribution in [-0.2, 0) is 19.6 Å². The Morgan fingerprint density at radius 3 is 2.32 bits per heavy atom. The van der Waals surface area contributed by atoms with Crippen LogP contribution in [0, 0.1) is 5.82 Å². The van der Waals surface area contributed by atoms with E-state index in [1.165, 1.54) is 7.05 Å². The summed E-state index contributed by atoms with van der Waals surface area (Å²) in [5.41, 5.74) is 0. The molecule has 9 heteroatoms. The SMILES string of the molecule is CN(CC(=O)NCCCCCCC(=O)O)S(=O)(=O)c1ccc(F)cc1. The van der Waals surface area contributed by atoms with Gasteiger partial charge in [0.15, 0.2) is 0 Å². The number of benzene rings is 1. The predicted octanol–water partition coefficient (Wildman–Crippen LogP) is 1.60. The molecule has 25 heavy (non-hydrogen) atoms. The molecule has 0 spiro atoms. The van der Waals surface area contributed by atoms with Crippen LogP contribution < -0.4 is 5.32 Å². The Labute approximate surface area is 146 Å². The van der Waals surface area contributed by atoms with Crippen LogP contribution in [0.2, 0.25) is 0 Å². The summed E-state index contributed by atoms with van der Waals surface area (Å²) in [5, 5.41) is 11.1. The molecule has 0 saturated carbocycles. The molecule has 1 amide bonds. The van der Waals surface area contributed by atoms with Crippen LogP contribution in [-0.4, -0.2) is 49.8 Å². The quantitative estimate of drug-likeness (QED) is 0.573. The number of carboxylic acids is 1. The molecule has 0 saturated heterocycles. The largest absolute Gasteiger partial charge is 0.481 e. The maximum absolute atomic E-state index is 12.9. The van der Waals surface area contributed by atoms with Gasteiger partial charge in [0.25, 0.3) is 0 Å². The zero-order valence-corrected chi connectivity index (χ0v) is 14.9. The molecule has 1 aromatic rings. The molecule has 0 aliphatic heterocycles. The minimum absolute atomic E-state index is 0.0809. The minimum atomic E-state index is -3.85. The lowest BCUT2D eigenvalue weighted by molar-refractivity contribution is -0.137. The lowest BCUT2D eigenvalue weighted by Gasteiger charge is -2.16. The first kappa shape index (κ1) is 21.0. The number of carbonyl (C=O) groups excluding carboxylic acids is 1. The Hall–Kier alpha value is -2.00. The summed E-state index contributed by atoms with van der Waals surface area (Å²) in [7, 11) is -2.57. The van der Waals surface area contributed by atoms with E-state index < -0.39 is 27.7 Å². The molecule has 1 rings (SSSR count). The normalized spacial score (nSPS) is 11.5. The monoisotopic (exact) mass is 374 g/mol. The average Bonchev–Trinajstić information content (AvgIpc) is 2.54. The summed E-state index contributed by atoms with van der Waals surface area (Å²) in [4.78, 5) is 22.1. The summed E-state index contributed by atoms with van der Waals surface area (Å²) in [6.45, 7) is 0.0645. The van der Waals surface area contributed by atoms with Gasteiger partial charge in [-0.15, -0.1) is 0 Å². The fourth-order valence-corrected chi connectivity index (χ4v) is 3.24. The number of hydrogen-bond acceptors (Lipinski definition) is 4. The minimum Gasteiger partial charge on any atom is -0.481 e. The molecule has 0 unspecified atom stereocenters. The van der Waals surface area contributed by atoms with Gasteiger partial charge in [0.05, 0.1) is 11.4 Å². The van der Waals surface area contributed by atoms with Crippen LogP contribution in [0.25, 0.3) is 0 Å². The summed E-state index contributed by atoms with van der Waals surface area (Å²) in [5.74, 6) is -1.79. The highest BCUT2D eigenvalue weighted by molar-refractivity contribution is 7.89. The fraction of sp³-hybridized carbons (Fsp3) is 0.500. The first-order chi connectivity index (χ1) is 11.7. The molecule has 0 heterocycles. The topological polar surface area (TPSA) is 104 Å². The van der Waals surface area contributed by atoms with Gasteiger partial charge in [-0.2, -0.15) is 4.31 Å². The van der Waals surface area contributed by atoms with Crippen LogP contribution in [0.15, 0.2) is 29.2 Å². The van der Waals surface area contributed by atoms with E-state index in [2.05, 4.69) is 5.32 Å². The number of sulfonamides is 1. The Kier molecular flexibility index (Phi) is 8.50. The molecule has 0 aliphatic rings. The number of halogens is 1. The van der Waals surface area contributed by atoms with Crippen molar-refractivity contribution in [1.29, 1.82) is 0 Å². The molecule has 0 bridgehead atoms. The van der Waals surface area contributed by atoms with Crippen molar-refractivity contribution < 1.29 is 27.5 Å². The number of nitrogens with zero attached hydrogens (tertiary/aromatic N) is 1. The van der Waals surface area contributed by atoms with E-state index >= 15 is 0 Å². The summed E-state index contributed by atoms with van der Waals surface area (Å²) in [6.07, 6.45) is 2.98. The smallest absolute Gasteiger partial charge is 0.303 e. The Bertz CT molecular complexity index is 676. The third-order valence-electron chi connectivity index (χ3n) is 3.53. The van der Waals surface area contributed by atoms with Gasteiger partial charge in [-0.3, -0.25) is 9.59 Å². The first-order valence-electron chi connectivity index (χ1n) is 7.94. The Balaban J connectivity index is 2.33. The van der Waals surface area contributed by atoms with Crippen molar-refractivity contribution >= 4 is 21.9 Å². The van der Waals surface area contributed by atoms with Crippen molar-refractivity contribution in [2.45, 2.75) is 37.0 Å². The van der Waals surface area contributed by atoms with Crippen LogP contribution in [0.5, 0.6) is 0 Å². The lowest BCUT2D eigenvalue weighted by Crippen LogP contribution is -2.38. The molecular weight excluding hydrogens is 351 g/mol. The van der Waals surface area contributed by atoms with Crippen LogP contribution in [0.1, 0.15) is 32.1 Å². The van der Waals surface area contributed by atoms with Gasteiger partial charge in [-0.25, -0.2) is 12.8 Å². The second-order valence-electron chi connectivity index (χ2n) is 5.62. The lowest BCUT2D eigenvalue weighted by atomic mass is 10.1. The third kappa shape index (κ3) is 7.61. The predicted molar refractivity (Wildman–Crippen MR) is 89.9 cm³/mol. The number of likely N-dealkylation sites (N-methyl/N-ethyl adjacent to an activating group) is 1. The van der Waals surface area contributed by atoms with E-state index in [4.69, 9.17) is 5.11 Å². The summed E-state index contributed by atoms with van der Waals surface area (Å²) >= 11 is 0. The van der Waals surface area contributed by atoms with Crippen molar-refractivity contribution in [2.75, 3.05) is 20.1 Å². The second kappa shape index (κ2) is 10.1. The maximum atomic E-state index is 12.9. The van der Waals surface area contributed by atoms with E-state index in [1.54, 1.807) is 0 Å². The van der Waals surface area contributed by atoms with Crippen molar-refractivity contribution in [1.82, 2.24) is 9.62 Å². The zero-order valence-electron chi connectivity index (χ0n) is 14.1. The summed E-state index contributed by atoms with van der Waals surface area (Å²) in [6, 6.07) is 4.39. The molecule has 0 aromatic heterocycles. The van der Waals surface area contributed by atoms with Crippen LogP contribution in [0.3, 0.4) is 0 Å². The van der Waals surface area contributed by atoms with Gasteiger partial charge in [0.1, 0.15) is 5.82 Å². The van der Waals surface area contributed by atoms with Crippen LogP contribution >= 0.6 is 0 Å². The highest BCUT2D eigenvalue weighted by Gasteiger charge is 2.22. The Morgan fingerprint density at radius 1 is 1.12 bits per heavy atom. The number of aliphatic carboxylic acids is 1. The number of rotatable bonds is 11. The molecule has 0 aliphatic carbocycles. The van der Waals surface area contributed by atoms with Gasteiger partial charge >= 0.3 is 5.97 Å². The molecule has 0 fully saturated rings. The molecular formula is C16H23FN2O5S. The van der Waals surface area contributed by atoms with Crippen molar-refractivity contribution in [3.05, 3.63) is 30.1 Å². The maximum Gasteiger partial charge on any atom is 0.303 e. The zero-order chi connectivity index (χ0) is 18.9. The highest BCUT2D eigenvalue weighted by atomic mass is 32.2. The molecule has 0 atom stereocenters. The van der Waals surface area contributed by atoms with E-state index in [9.17, 15) is 22.4 Å². The number of carbonyl (C=O) groups is 2. The molecule has 7 nitrogen and oxygen atoms in total. The number of unbranched alkanes of at least 4 members (excludes halogenated alkanes) is 3. The first-order valence-corrected chi connectivity index (χ1v) is 9.38. The molecule has 2 N–H and O–H groups in total. The number of carboxylic acid groups (broad SMARTS) is 1. The Morgan fingerprint density at radius 2 is 1.72 bits per heavy atom. The average molecular weight is 374 g/mol. The highest BCUT2D eigenvalue weighted by Crippen LogP contribution is 2.14. The van der Waals surface area contributed by atoms with Gasteiger partial charge < -0.3 is 10.4 Å². The van der Waals surface area contributed by atoms with Crippen LogP contribution in [0.4, 0.5) is 4.39 Å². The van der Waals surface area contributed by atoms with Gasteiger partial charge in [0, 0.05) is 20.0 Å². The second-order valence-corrected chi connectivity index (χ2v) is 7.67. The molecule has 1 aromatic carbocycles. The number of nitrogens with one attached hydrogen (secondary N) is 1. The van der Waals surface area contributed by atoms with E-state index in [0.717, 1.165) is 41.4 Å². The fourth-order valence-electron chi connectivity index (χ4n) is 2.11. The molecule has 0 radical (unpaired) electrons. The number of amides is 1. The van der Waals surface area contributed by atoms with E-state index in [0.29, 0.717) is 19.4 Å². The van der Waals surface area contributed by atoms with Crippen molar-refractivity contribution in [3.63, 3.8) is 0 Å². The van der Waals surface area contributed by atoms with Gasteiger partial charge in [0.2, 0.25) is 15.9 Å². The molecule has 140 valence electrons. The van der Waals surface area contributed by atoms with Gasteiger partial charge in [-0.1, -0.05) is 12.8 Å².